The van der Waals surface area contributed by atoms with Gasteiger partial charge < -0.3 is 10.6 Å². The van der Waals surface area contributed by atoms with Crippen molar-refractivity contribution >= 4 is 11.5 Å². The number of nitrogens with zero attached hydrogens (tertiary/aromatic N) is 3. The summed E-state index contributed by atoms with van der Waals surface area (Å²) in [7, 11) is 0. The summed E-state index contributed by atoms with van der Waals surface area (Å²) in [6.45, 7) is 1.51. The average molecular weight is 429 g/mol. The molecule has 0 aliphatic carbocycles. The van der Waals surface area contributed by atoms with Crippen molar-refractivity contribution in [1.82, 2.24) is 19.9 Å². The van der Waals surface area contributed by atoms with Gasteiger partial charge in [-0.1, -0.05) is 30.3 Å². The Morgan fingerprint density at radius 2 is 1.70 bits per heavy atom. The van der Waals surface area contributed by atoms with Crippen LogP contribution in [0.3, 0.4) is 0 Å². The van der Waals surface area contributed by atoms with Crippen LogP contribution in [0.15, 0.2) is 42.5 Å². The molecule has 160 valence electrons. The Morgan fingerprint density at radius 1 is 1.00 bits per heavy atom. The lowest BCUT2D eigenvalue weighted by atomic mass is 9.79. The van der Waals surface area contributed by atoms with Crippen LogP contribution in [0, 0.1) is 0 Å². The first-order chi connectivity index (χ1) is 14.1. The van der Waals surface area contributed by atoms with E-state index in [0.717, 1.165) is 23.0 Å². The topological polar surface area (TPSA) is 54.2 Å². The third kappa shape index (κ3) is 3.81. The van der Waals surface area contributed by atoms with Gasteiger partial charge in [0.05, 0.1) is 0 Å². The van der Waals surface area contributed by atoms with Gasteiger partial charge in [-0.2, -0.15) is 36.0 Å². The SMILES string of the molecule is FC(F)(F)c1cc(NCC2(c3ccccc3)CCNC2)n2nc(C(F)(F)F)cc2n1. The van der Waals surface area contributed by atoms with E-state index in [-0.39, 0.29) is 12.4 Å². The zero-order valence-electron chi connectivity index (χ0n) is 15.5. The predicted octanol–water partition coefficient (Wildman–Crippen LogP) is 4.11. The maximum Gasteiger partial charge on any atom is 0.435 e. The van der Waals surface area contributed by atoms with Crippen molar-refractivity contribution in [2.75, 3.05) is 25.0 Å². The summed E-state index contributed by atoms with van der Waals surface area (Å²) in [5.74, 6) is -0.204. The Bertz CT molecular complexity index is 1040. The molecule has 0 radical (unpaired) electrons. The Morgan fingerprint density at radius 3 is 2.30 bits per heavy atom. The van der Waals surface area contributed by atoms with Crippen LogP contribution in [-0.2, 0) is 17.8 Å². The molecule has 0 bridgehead atoms. The lowest BCUT2D eigenvalue weighted by Gasteiger charge is -2.29. The van der Waals surface area contributed by atoms with Crippen molar-refractivity contribution in [1.29, 1.82) is 0 Å². The molecule has 1 aromatic carbocycles. The van der Waals surface area contributed by atoms with Crippen molar-refractivity contribution in [3.8, 4) is 0 Å². The van der Waals surface area contributed by atoms with Crippen LogP contribution in [0.4, 0.5) is 32.2 Å². The summed E-state index contributed by atoms with van der Waals surface area (Å²) in [6.07, 6.45) is -8.89. The number of fused-ring (bicyclic) bond motifs is 1. The van der Waals surface area contributed by atoms with Crippen molar-refractivity contribution in [3.05, 3.63) is 59.4 Å². The van der Waals surface area contributed by atoms with Gasteiger partial charge in [0.1, 0.15) is 5.82 Å². The smallest absolute Gasteiger partial charge is 0.369 e. The molecule has 1 aliphatic rings. The molecule has 11 heteroatoms. The number of nitrogens with one attached hydrogen (secondary N) is 2. The summed E-state index contributed by atoms with van der Waals surface area (Å²) >= 11 is 0. The van der Waals surface area contributed by atoms with Crippen molar-refractivity contribution in [2.45, 2.75) is 24.2 Å². The highest BCUT2D eigenvalue weighted by molar-refractivity contribution is 5.52. The average Bonchev–Trinajstić information content (AvgIpc) is 3.33. The van der Waals surface area contributed by atoms with Crippen LogP contribution in [0.2, 0.25) is 0 Å². The second-order valence-corrected chi connectivity index (χ2v) is 7.25. The lowest BCUT2D eigenvalue weighted by Crippen LogP contribution is -2.37. The number of rotatable bonds is 4. The number of aromatic nitrogens is 3. The van der Waals surface area contributed by atoms with Gasteiger partial charge in [0, 0.05) is 30.6 Å². The Hall–Kier alpha value is -2.82. The molecule has 30 heavy (non-hydrogen) atoms. The summed E-state index contributed by atoms with van der Waals surface area (Å²) in [5, 5.41) is 9.57. The van der Waals surface area contributed by atoms with E-state index in [9.17, 15) is 26.3 Å². The van der Waals surface area contributed by atoms with Gasteiger partial charge in [-0.15, -0.1) is 0 Å². The molecule has 1 fully saturated rings. The van der Waals surface area contributed by atoms with Crippen LogP contribution >= 0.6 is 0 Å². The zero-order chi connectivity index (χ0) is 21.6. The molecule has 4 rings (SSSR count). The van der Waals surface area contributed by atoms with Gasteiger partial charge in [0.2, 0.25) is 0 Å². The zero-order valence-corrected chi connectivity index (χ0v) is 15.5. The number of benzene rings is 1. The molecule has 5 nitrogen and oxygen atoms in total. The van der Waals surface area contributed by atoms with Gasteiger partial charge in [-0.05, 0) is 18.5 Å². The molecule has 1 atom stereocenters. The maximum atomic E-state index is 13.3. The third-order valence-corrected chi connectivity index (χ3v) is 5.25. The minimum Gasteiger partial charge on any atom is -0.369 e. The minimum atomic E-state index is -4.81. The van der Waals surface area contributed by atoms with Crippen molar-refractivity contribution in [3.63, 3.8) is 0 Å². The first-order valence-corrected chi connectivity index (χ1v) is 9.14. The van der Waals surface area contributed by atoms with Gasteiger partial charge >= 0.3 is 12.4 Å². The van der Waals surface area contributed by atoms with Crippen molar-refractivity contribution in [2.24, 2.45) is 0 Å². The van der Waals surface area contributed by atoms with Gasteiger partial charge in [-0.3, -0.25) is 0 Å². The van der Waals surface area contributed by atoms with Gasteiger partial charge in [-0.25, -0.2) is 4.98 Å². The second-order valence-electron chi connectivity index (χ2n) is 7.25. The fourth-order valence-electron chi connectivity index (χ4n) is 3.68. The Labute approximate surface area is 167 Å². The van der Waals surface area contributed by atoms with Crippen LogP contribution in [0.1, 0.15) is 23.4 Å². The standard InChI is InChI=1S/C19H17F6N5/c20-18(21,22)13-8-15(30-16(28-13)9-14(29-30)19(23,24)25)27-11-17(6-7-26-10-17)12-4-2-1-3-5-12/h1-5,8-9,26-27H,6-7,10-11H2. The summed E-state index contributed by atoms with van der Waals surface area (Å²) in [6, 6.07) is 10.6. The lowest BCUT2D eigenvalue weighted by molar-refractivity contribution is -0.142. The van der Waals surface area contributed by atoms with E-state index in [2.05, 4.69) is 20.7 Å². The molecule has 3 heterocycles. The number of halogens is 6. The monoisotopic (exact) mass is 429 g/mol. The number of hydrogen-bond acceptors (Lipinski definition) is 4. The Kier molecular flexibility index (Phi) is 4.88. The molecule has 1 saturated heterocycles. The van der Waals surface area contributed by atoms with E-state index < -0.39 is 34.8 Å². The van der Waals surface area contributed by atoms with E-state index in [4.69, 9.17) is 0 Å². The largest absolute Gasteiger partial charge is 0.435 e. The molecule has 1 aliphatic heterocycles. The van der Waals surface area contributed by atoms with Crippen molar-refractivity contribution < 1.29 is 26.3 Å². The summed E-state index contributed by atoms with van der Waals surface area (Å²) in [5.41, 5.74) is -2.56. The Balaban J connectivity index is 1.74. The van der Waals surface area contributed by atoms with Crippen LogP contribution in [0.25, 0.3) is 5.65 Å². The molecule has 0 amide bonds. The van der Waals surface area contributed by atoms with E-state index in [1.165, 1.54) is 0 Å². The quantitative estimate of drug-likeness (QED) is 0.613. The summed E-state index contributed by atoms with van der Waals surface area (Å²) < 4.78 is 79.7. The highest BCUT2D eigenvalue weighted by Gasteiger charge is 2.39. The highest BCUT2D eigenvalue weighted by atomic mass is 19.4. The first-order valence-electron chi connectivity index (χ1n) is 9.14. The third-order valence-electron chi connectivity index (χ3n) is 5.25. The number of anilines is 1. The van der Waals surface area contributed by atoms with E-state index in [0.29, 0.717) is 18.7 Å². The molecule has 0 saturated carbocycles. The van der Waals surface area contributed by atoms with Gasteiger partial charge in [0.15, 0.2) is 17.0 Å². The van der Waals surface area contributed by atoms with Gasteiger partial charge in [0.25, 0.3) is 0 Å². The fraction of sp³-hybridized carbons (Fsp3) is 0.368. The van der Waals surface area contributed by atoms with E-state index >= 15 is 0 Å². The second kappa shape index (κ2) is 7.15. The highest BCUT2D eigenvalue weighted by Crippen LogP contribution is 2.35. The number of alkyl halides is 6. The van der Waals surface area contributed by atoms with Crippen LogP contribution in [0.5, 0.6) is 0 Å². The molecule has 1 unspecified atom stereocenters. The molecular weight excluding hydrogens is 412 g/mol. The molecule has 2 N–H and O–H groups in total. The molecular formula is C19H17F6N5. The van der Waals surface area contributed by atoms with E-state index in [1.54, 1.807) is 0 Å². The number of hydrogen-bond donors (Lipinski definition) is 2. The molecule has 3 aromatic rings. The summed E-state index contributed by atoms with van der Waals surface area (Å²) in [4.78, 5) is 3.32. The molecule has 2 aromatic heterocycles. The normalized spacial score (nSPS) is 20.1. The van der Waals surface area contributed by atoms with Crippen LogP contribution in [-0.4, -0.2) is 34.2 Å². The fourth-order valence-corrected chi connectivity index (χ4v) is 3.68. The van der Waals surface area contributed by atoms with Crippen LogP contribution < -0.4 is 10.6 Å². The predicted molar refractivity (Wildman–Crippen MR) is 97.1 cm³/mol. The first kappa shape index (κ1) is 20.5. The molecule has 0 spiro atoms. The minimum absolute atomic E-state index is 0.204. The van der Waals surface area contributed by atoms with E-state index in [1.807, 2.05) is 30.3 Å². The maximum absolute atomic E-state index is 13.3.